The Hall–Kier alpha value is -3.36. The molecule has 0 bridgehead atoms. The lowest BCUT2D eigenvalue weighted by atomic mass is 9.96. The van der Waals surface area contributed by atoms with E-state index in [0.717, 1.165) is 66.4 Å². The van der Waals surface area contributed by atoms with Gasteiger partial charge in [0.05, 0.1) is 17.5 Å². The zero-order valence-electron chi connectivity index (χ0n) is 20.5. The van der Waals surface area contributed by atoms with E-state index < -0.39 is 12.2 Å². The molecule has 0 aliphatic carbocycles. The molecule has 2 N–H and O–H groups in total. The Labute approximate surface area is 205 Å². The molecule has 3 heterocycles. The second kappa shape index (κ2) is 9.71. The minimum atomic E-state index is -0.583. The van der Waals surface area contributed by atoms with Crippen molar-refractivity contribution < 1.29 is 19.1 Å². The lowest BCUT2D eigenvalue weighted by molar-refractivity contribution is -0.123. The first-order valence-corrected chi connectivity index (χ1v) is 12.2. The molecule has 3 aromatic rings. The second-order valence-electron chi connectivity index (χ2n) is 9.50. The van der Waals surface area contributed by atoms with Crippen molar-refractivity contribution in [1.29, 1.82) is 0 Å². The van der Waals surface area contributed by atoms with Crippen molar-refractivity contribution in [3.05, 3.63) is 59.5 Å². The molecule has 0 radical (unpaired) electrons. The molecule has 2 unspecified atom stereocenters. The van der Waals surface area contributed by atoms with E-state index >= 15 is 0 Å². The van der Waals surface area contributed by atoms with E-state index in [0.29, 0.717) is 18.0 Å². The van der Waals surface area contributed by atoms with Gasteiger partial charge in [0.2, 0.25) is 5.89 Å². The molecule has 1 saturated heterocycles. The lowest BCUT2D eigenvalue weighted by Gasteiger charge is -2.37. The molecule has 2 atom stereocenters. The average Bonchev–Trinajstić information content (AvgIpc) is 3.30. The number of likely N-dealkylation sites (N-methyl/N-ethyl adjacent to an activating group) is 1. The van der Waals surface area contributed by atoms with Crippen LogP contribution in [-0.4, -0.2) is 60.2 Å². The van der Waals surface area contributed by atoms with Crippen LogP contribution in [0.2, 0.25) is 0 Å². The van der Waals surface area contributed by atoms with Crippen LogP contribution in [-0.2, 0) is 11.2 Å². The highest BCUT2D eigenvalue weighted by Crippen LogP contribution is 2.40. The van der Waals surface area contributed by atoms with Gasteiger partial charge in [-0.05, 0) is 81.3 Å². The number of hydrogen-bond donors (Lipinski definition) is 2. The first kappa shape index (κ1) is 23.4. The van der Waals surface area contributed by atoms with Gasteiger partial charge in [-0.1, -0.05) is 0 Å². The lowest BCUT2D eigenvalue weighted by Crippen LogP contribution is -2.45. The first-order chi connectivity index (χ1) is 16.9. The van der Waals surface area contributed by atoms with Crippen LogP contribution in [0.25, 0.3) is 11.5 Å². The zero-order chi connectivity index (χ0) is 24.5. The fourth-order valence-electron chi connectivity index (χ4n) is 4.62. The van der Waals surface area contributed by atoms with E-state index in [1.165, 1.54) is 0 Å². The summed E-state index contributed by atoms with van der Waals surface area (Å²) in [6, 6.07) is 11.5. The van der Waals surface area contributed by atoms with Crippen molar-refractivity contribution in [1.82, 2.24) is 9.88 Å². The molecular formula is C27H32N4O4. The average molecular weight is 477 g/mol. The van der Waals surface area contributed by atoms with E-state index in [1.807, 2.05) is 43.3 Å². The van der Waals surface area contributed by atoms with Gasteiger partial charge in [-0.2, -0.15) is 0 Å². The maximum atomic E-state index is 13.1. The van der Waals surface area contributed by atoms with Gasteiger partial charge < -0.3 is 29.4 Å². The topological polar surface area (TPSA) is 91.1 Å². The van der Waals surface area contributed by atoms with Crippen molar-refractivity contribution in [3.8, 4) is 17.2 Å². The molecule has 184 valence electrons. The van der Waals surface area contributed by atoms with Crippen molar-refractivity contribution in [2.45, 2.75) is 38.9 Å². The third-order valence-electron chi connectivity index (χ3n) is 6.74. The summed E-state index contributed by atoms with van der Waals surface area (Å²) >= 11 is 0. The number of ether oxygens (including phenoxy) is 1. The van der Waals surface area contributed by atoms with Crippen molar-refractivity contribution >= 4 is 17.3 Å². The van der Waals surface area contributed by atoms with E-state index in [9.17, 15) is 9.90 Å². The molecule has 2 aromatic carbocycles. The minimum absolute atomic E-state index is 0.167. The van der Waals surface area contributed by atoms with Gasteiger partial charge in [0, 0.05) is 37.4 Å². The van der Waals surface area contributed by atoms with E-state index in [1.54, 1.807) is 13.2 Å². The maximum absolute atomic E-state index is 13.1. The molecule has 8 heteroatoms. The van der Waals surface area contributed by atoms with Crippen molar-refractivity contribution in [3.63, 3.8) is 0 Å². The van der Waals surface area contributed by atoms with E-state index in [4.69, 9.17) is 9.15 Å². The number of nitrogens with one attached hydrogen (secondary N) is 1. The molecule has 1 fully saturated rings. The molecule has 1 amide bonds. The summed E-state index contributed by atoms with van der Waals surface area (Å²) in [4.78, 5) is 22.1. The predicted molar refractivity (Wildman–Crippen MR) is 135 cm³/mol. The molecule has 2 aliphatic heterocycles. The monoisotopic (exact) mass is 476 g/mol. The number of benzene rings is 2. The summed E-state index contributed by atoms with van der Waals surface area (Å²) in [6.45, 7) is 7.33. The number of rotatable bonds is 5. The molecule has 2 aliphatic rings. The number of aliphatic hydroxyl groups excluding tert-OH is 1. The molecule has 0 saturated carbocycles. The van der Waals surface area contributed by atoms with E-state index in [-0.39, 0.29) is 5.91 Å². The van der Waals surface area contributed by atoms with Crippen molar-refractivity contribution in [2.75, 3.05) is 43.4 Å². The second-order valence-corrected chi connectivity index (χ2v) is 9.50. The van der Waals surface area contributed by atoms with Crippen molar-refractivity contribution in [2.24, 2.45) is 0 Å². The zero-order valence-corrected chi connectivity index (χ0v) is 20.5. The summed E-state index contributed by atoms with van der Waals surface area (Å²) < 4.78 is 11.8. The predicted octanol–water partition coefficient (Wildman–Crippen LogP) is 3.79. The number of anilines is 2. The normalized spacial score (nSPS) is 19.1. The Morgan fingerprint density at radius 3 is 2.57 bits per heavy atom. The molecular weight excluding hydrogens is 444 g/mol. The Morgan fingerprint density at radius 2 is 1.91 bits per heavy atom. The molecule has 1 aromatic heterocycles. The van der Waals surface area contributed by atoms with Gasteiger partial charge in [-0.25, -0.2) is 4.98 Å². The number of nitrogens with zero attached hydrogens (tertiary/aromatic N) is 3. The molecule has 0 spiro atoms. The van der Waals surface area contributed by atoms with Gasteiger partial charge in [-0.3, -0.25) is 4.79 Å². The Morgan fingerprint density at radius 1 is 1.17 bits per heavy atom. The fraction of sp³-hybridized carbons (Fsp3) is 0.407. The van der Waals surface area contributed by atoms with Crippen LogP contribution >= 0.6 is 0 Å². The third-order valence-corrected chi connectivity index (χ3v) is 6.74. The van der Waals surface area contributed by atoms with E-state index in [2.05, 4.69) is 27.1 Å². The summed E-state index contributed by atoms with van der Waals surface area (Å²) in [5, 5.41) is 13.2. The van der Waals surface area contributed by atoms with Gasteiger partial charge in [-0.15, -0.1) is 0 Å². The van der Waals surface area contributed by atoms with Crippen LogP contribution in [0, 0.1) is 6.92 Å². The van der Waals surface area contributed by atoms with Crippen LogP contribution in [0.15, 0.2) is 47.1 Å². The molecule has 8 nitrogen and oxygen atoms in total. The summed E-state index contributed by atoms with van der Waals surface area (Å²) in [6.07, 6.45) is 1.77. The summed E-state index contributed by atoms with van der Waals surface area (Å²) in [5.41, 5.74) is 5.26. The maximum Gasteiger partial charge on any atom is 0.265 e. The van der Waals surface area contributed by atoms with Gasteiger partial charge >= 0.3 is 0 Å². The first-order valence-electron chi connectivity index (χ1n) is 12.2. The SMILES string of the molecule is Cc1coc(-c2ccc(NC(=O)C3CCc4cc(C(C)O)cc(N5CCN(C)CC5)c4O3)cc2)n1. The number of aryl methyl sites for hydroxylation is 2. The fourth-order valence-corrected chi connectivity index (χ4v) is 4.62. The number of fused-ring (bicyclic) bond motifs is 1. The Kier molecular flexibility index (Phi) is 6.49. The standard InChI is InChI=1S/C27H32N4O4/c1-17-16-34-27(28-17)19-4-7-22(8-5-19)29-26(33)24-9-6-20-14-21(18(2)32)15-23(25(20)35-24)31-12-10-30(3)11-13-31/h4-5,7-8,14-16,18,24,32H,6,9-13H2,1-3H3,(H,29,33). The number of piperazine rings is 1. The van der Waals surface area contributed by atoms with Gasteiger partial charge in [0.1, 0.15) is 12.0 Å². The van der Waals surface area contributed by atoms with Crippen LogP contribution in [0.5, 0.6) is 5.75 Å². The largest absolute Gasteiger partial charge is 0.478 e. The van der Waals surface area contributed by atoms with Crippen LogP contribution < -0.4 is 15.0 Å². The number of aromatic nitrogens is 1. The smallest absolute Gasteiger partial charge is 0.265 e. The Balaban J connectivity index is 1.33. The number of oxazole rings is 1. The Bertz CT molecular complexity index is 1200. The highest BCUT2D eigenvalue weighted by molar-refractivity contribution is 5.95. The van der Waals surface area contributed by atoms with Gasteiger partial charge in [0.25, 0.3) is 5.91 Å². The summed E-state index contributed by atoms with van der Waals surface area (Å²) in [7, 11) is 2.12. The third kappa shape index (κ3) is 5.04. The molecule has 35 heavy (non-hydrogen) atoms. The molecule has 5 rings (SSSR count). The van der Waals surface area contributed by atoms with Crippen LogP contribution in [0.4, 0.5) is 11.4 Å². The quantitative estimate of drug-likeness (QED) is 0.579. The number of aliphatic hydroxyl groups is 1. The van der Waals surface area contributed by atoms with Gasteiger partial charge in [0.15, 0.2) is 6.10 Å². The summed E-state index contributed by atoms with van der Waals surface area (Å²) in [5.74, 6) is 1.15. The number of hydrogen-bond acceptors (Lipinski definition) is 7. The minimum Gasteiger partial charge on any atom is -0.478 e. The number of carbonyl (C=O) groups excluding carboxylic acids is 1. The number of amides is 1. The number of carbonyl (C=O) groups is 1. The van der Waals surface area contributed by atoms with Crippen LogP contribution in [0.1, 0.15) is 36.3 Å². The highest BCUT2D eigenvalue weighted by atomic mass is 16.5. The van der Waals surface area contributed by atoms with Crippen LogP contribution in [0.3, 0.4) is 0 Å². The highest BCUT2D eigenvalue weighted by Gasteiger charge is 2.31.